The summed E-state index contributed by atoms with van der Waals surface area (Å²) in [5, 5.41) is 2.94. The average molecular weight is 250 g/mol. The lowest BCUT2D eigenvalue weighted by molar-refractivity contribution is 0.0719. The summed E-state index contributed by atoms with van der Waals surface area (Å²) in [5.41, 5.74) is 6.52. The van der Waals surface area contributed by atoms with E-state index in [2.05, 4.69) is 15.3 Å². The van der Waals surface area contributed by atoms with Crippen molar-refractivity contribution in [2.75, 3.05) is 12.8 Å². The first-order valence-electron chi connectivity index (χ1n) is 6.05. The monoisotopic (exact) mass is 250 g/mol. The third kappa shape index (κ3) is 2.76. The molecule has 0 saturated heterocycles. The number of rotatable bonds is 3. The Balaban J connectivity index is 2.07. The third-order valence-electron chi connectivity index (χ3n) is 3.18. The Bertz CT molecular complexity index is 429. The number of aryl methyl sites for hydroxylation is 1. The van der Waals surface area contributed by atoms with Crippen molar-refractivity contribution in [2.24, 2.45) is 0 Å². The summed E-state index contributed by atoms with van der Waals surface area (Å²) in [6.07, 6.45) is 3.07. The second-order valence-corrected chi connectivity index (χ2v) is 4.54. The van der Waals surface area contributed by atoms with Crippen molar-refractivity contribution >= 4 is 11.9 Å². The van der Waals surface area contributed by atoms with E-state index in [0.717, 1.165) is 19.3 Å². The van der Waals surface area contributed by atoms with Gasteiger partial charge in [0.1, 0.15) is 5.69 Å². The third-order valence-corrected chi connectivity index (χ3v) is 3.18. The molecule has 0 spiro atoms. The Labute approximate surface area is 106 Å². The lowest BCUT2D eigenvalue weighted by atomic mass is 10.2. The maximum absolute atomic E-state index is 12.1. The van der Waals surface area contributed by atoms with Gasteiger partial charge in [-0.2, -0.15) is 0 Å². The summed E-state index contributed by atoms with van der Waals surface area (Å²) < 4.78 is 5.34. The quantitative estimate of drug-likeness (QED) is 0.822. The molecule has 0 bridgehead atoms. The highest BCUT2D eigenvalue weighted by molar-refractivity contribution is 5.92. The number of hydrogen-bond acceptors (Lipinski definition) is 5. The van der Waals surface area contributed by atoms with Crippen LogP contribution in [-0.4, -0.2) is 35.1 Å². The molecule has 0 aliphatic heterocycles. The summed E-state index contributed by atoms with van der Waals surface area (Å²) >= 11 is 0. The Morgan fingerprint density at radius 3 is 2.94 bits per heavy atom. The number of amides is 1. The van der Waals surface area contributed by atoms with Crippen LogP contribution in [0, 0.1) is 6.92 Å². The molecule has 98 valence electrons. The van der Waals surface area contributed by atoms with Crippen molar-refractivity contribution in [2.45, 2.75) is 38.3 Å². The molecule has 1 aliphatic rings. The summed E-state index contributed by atoms with van der Waals surface area (Å²) in [5.74, 6) is -0.101. The van der Waals surface area contributed by atoms with E-state index in [-0.39, 0.29) is 24.0 Å². The van der Waals surface area contributed by atoms with Gasteiger partial charge >= 0.3 is 0 Å². The smallest absolute Gasteiger partial charge is 0.270 e. The fourth-order valence-corrected chi connectivity index (χ4v) is 2.32. The molecule has 3 N–H and O–H groups in total. The Kier molecular flexibility index (Phi) is 3.76. The van der Waals surface area contributed by atoms with Crippen molar-refractivity contribution in [3.63, 3.8) is 0 Å². The molecule has 1 amide bonds. The maximum atomic E-state index is 12.1. The zero-order valence-corrected chi connectivity index (χ0v) is 10.6. The molecule has 2 unspecified atom stereocenters. The van der Waals surface area contributed by atoms with Crippen molar-refractivity contribution in [1.29, 1.82) is 0 Å². The number of nitrogens with zero attached hydrogens (tertiary/aromatic N) is 2. The van der Waals surface area contributed by atoms with Crippen LogP contribution >= 0.6 is 0 Å². The van der Waals surface area contributed by atoms with Crippen LogP contribution in [0.15, 0.2) is 6.07 Å². The van der Waals surface area contributed by atoms with E-state index in [1.54, 1.807) is 20.1 Å². The molecule has 1 aromatic rings. The van der Waals surface area contributed by atoms with Gasteiger partial charge in [0, 0.05) is 12.8 Å². The highest BCUT2D eigenvalue weighted by Crippen LogP contribution is 2.21. The first kappa shape index (κ1) is 12.8. The molecular formula is C12H18N4O2. The van der Waals surface area contributed by atoms with Gasteiger partial charge in [0.15, 0.2) is 0 Å². The number of nitrogen functional groups attached to an aromatic ring is 1. The molecular weight excluding hydrogens is 232 g/mol. The number of carbonyl (C=O) groups is 1. The summed E-state index contributed by atoms with van der Waals surface area (Å²) in [6.45, 7) is 1.78. The molecule has 1 saturated carbocycles. The van der Waals surface area contributed by atoms with Crippen LogP contribution in [0.1, 0.15) is 35.4 Å². The lowest BCUT2D eigenvalue weighted by Gasteiger charge is -2.19. The van der Waals surface area contributed by atoms with Gasteiger partial charge in [-0.15, -0.1) is 0 Å². The molecule has 0 radical (unpaired) electrons. The second kappa shape index (κ2) is 5.30. The number of aromatic nitrogens is 2. The topological polar surface area (TPSA) is 90.1 Å². The zero-order chi connectivity index (χ0) is 13.1. The minimum atomic E-state index is -0.221. The van der Waals surface area contributed by atoms with E-state index in [4.69, 9.17) is 10.5 Å². The van der Waals surface area contributed by atoms with Gasteiger partial charge < -0.3 is 15.8 Å². The van der Waals surface area contributed by atoms with Crippen molar-refractivity contribution in [3.05, 3.63) is 17.5 Å². The van der Waals surface area contributed by atoms with Crippen LogP contribution in [0.2, 0.25) is 0 Å². The molecule has 6 heteroatoms. The zero-order valence-electron chi connectivity index (χ0n) is 10.6. The van der Waals surface area contributed by atoms with Crippen molar-refractivity contribution in [3.8, 4) is 0 Å². The van der Waals surface area contributed by atoms with E-state index in [9.17, 15) is 4.79 Å². The first-order chi connectivity index (χ1) is 8.60. The van der Waals surface area contributed by atoms with Gasteiger partial charge in [-0.3, -0.25) is 4.79 Å². The normalized spacial score (nSPS) is 23.0. The van der Waals surface area contributed by atoms with E-state index >= 15 is 0 Å². The van der Waals surface area contributed by atoms with Crippen LogP contribution in [0.3, 0.4) is 0 Å². The molecule has 1 aliphatic carbocycles. The second-order valence-electron chi connectivity index (χ2n) is 4.54. The van der Waals surface area contributed by atoms with Crippen LogP contribution in [-0.2, 0) is 4.74 Å². The number of nitrogens with two attached hydrogens (primary N) is 1. The molecule has 1 heterocycles. The summed E-state index contributed by atoms with van der Waals surface area (Å²) in [4.78, 5) is 19.9. The fraction of sp³-hybridized carbons (Fsp3) is 0.583. The van der Waals surface area contributed by atoms with Crippen LogP contribution < -0.4 is 11.1 Å². The number of methoxy groups -OCH3 is 1. The van der Waals surface area contributed by atoms with Gasteiger partial charge in [0.2, 0.25) is 5.95 Å². The molecule has 18 heavy (non-hydrogen) atoms. The fourth-order valence-electron chi connectivity index (χ4n) is 2.32. The van der Waals surface area contributed by atoms with Gasteiger partial charge in [0.05, 0.1) is 12.1 Å². The molecule has 1 fully saturated rings. The first-order valence-corrected chi connectivity index (χ1v) is 6.05. The SMILES string of the molecule is COC1CCCC1NC(=O)c1cc(C)nc(N)n1. The van der Waals surface area contributed by atoms with E-state index in [1.165, 1.54) is 0 Å². The predicted octanol–water partition coefficient (Wildman–Crippen LogP) is 0.665. The Morgan fingerprint density at radius 1 is 1.50 bits per heavy atom. The van der Waals surface area contributed by atoms with Crippen molar-refractivity contribution < 1.29 is 9.53 Å². The number of ether oxygens (including phenoxy) is 1. The average Bonchev–Trinajstić information content (AvgIpc) is 2.75. The molecule has 6 nitrogen and oxygen atoms in total. The molecule has 2 rings (SSSR count). The van der Waals surface area contributed by atoms with Crippen molar-refractivity contribution in [1.82, 2.24) is 15.3 Å². The molecule has 1 aromatic heterocycles. The number of carbonyl (C=O) groups excluding carboxylic acids is 1. The largest absolute Gasteiger partial charge is 0.379 e. The highest BCUT2D eigenvalue weighted by Gasteiger charge is 2.29. The minimum absolute atomic E-state index is 0.0546. The number of hydrogen-bond donors (Lipinski definition) is 2. The van der Waals surface area contributed by atoms with Gasteiger partial charge in [0.25, 0.3) is 5.91 Å². The van der Waals surface area contributed by atoms with Gasteiger partial charge in [-0.05, 0) is 32.3 Å². The van der Waals surface area contributed by atoms with Crippen LogP contribution in [0.4, 0.5) is 5.95 Å². The molecule has 0 aromatic carbocycles. The summed E-state index contributed by atoms with van der Waals surface area (Å²) in [7, 11) is 1.67. The Morgan fingerprint density at radius 2 is 2.28 bits per heavy atom. The van der Waals surface area contributed by atoms with Gasteiger partial charge in [-0.1, -0.05) is 0 Å². The number of anilines is 1. The van der Waals surface area contributed by atoms with E-state index < -0.39 is 0 Å². The maximum Gasteiger partial charge on any atom is 0.270 e. The highest BCUT2D eigenvalue weighted by atomic mass is 16.5. The predicted molar refractivity (Wildman–Crippen MR) is 67.1 cm³/mol. The standard InChI is InChI=1S/C12H18N4O2/c1-7-6-9(16-12(13)14-7)11(17)15-8-4-3-5-10(8)18-2/h6,8,10H,3-5H2,1-2H3,(H,15,17)(H2,13,14,16). The summed E-state index contributed by atoms with van der Waals surface area (Å²) in [6, 6.07) is 1.68. The van der Waals surface area contributed by atoms with Gasteiger partial charge in [-0.25, -0.2) is 9.97 Å². The Hall–Kier alpha value is -1.69. The minimum Gasteiger partial charge on any atom is -0.379 e. The van der Waals surface area contributed by atoms with Crippen LogP contribution in [0.5, 0.6) is 0 Å². The number of nitrogens with one attached hydrogen (secondary N) is 1. The van der Waals surface area contributed by atoms with E-state index in [0.29, 0.717) is 11.4 Å². The molecule has 2 atom stereocenters. The van der Waals surface area contributed by atoms with Crippen LogP contribution in [0.25, 0.3) is 0 Å². The lowest BCUT2D eigenvalue weighted by Crippen LogP contribution is -2.41. The van der Waals surface area contributed by atoms with E-state index in [1.807, 2.05) is 0 Å².